The Labute approximate surface area is 120 Å². The van der Waals surface area contributed by atoms with Crippen LogP contribution in [0.1, 0.15) is 17.0 Å². The fraction of sp³-hybridized carbons (Fsp3) is 0.286. The Morgan fingerprint density at radius 1 is 1.42 bits per heavy atom. The summed E-state index contributed by atoms with van der Waals surface area (Å²) in [6.45, 7) is 3.90. The number of hydrogen-bond donors (Lipinski definition) is 1. The van der Waals surface area contributed by atoms with Crippen molar-refractivity contribution < 1.29 is 4.79 Å². The molecule has 0 spiro atoms. The van der Waals surface area contributed by atoms with Crippen molar-refractivity contribution in [3.63, 3.8) is 0 Å². The van der Waals surface area contributed by atoms with Crippen LogP contribution in [-0.4, -0.2) is 15.7 Å². The van der Waals surface area contributed by atoms with Crippen LogP contribution >= 0.6 is 15.9 Å². The summed E-state index contributed by atoms with van der Waals surface area (Å²) < 4.78 is 2.75. The Morgan fingerprint density at radius 3 is 2.74 bits per heavy atom. The molecule has 0 radical (unpaired) electrons. The second-order valence-corrected chi connectivity index (χ2v) is 5.42. The maximum absolute atomic E-state index is 12.0. The molecule has 1 amide bonds. The minimum Gasteiger partial charge on any atom is -0.326 e. The molecule has 0 saturated heterocycles. The van der Waals surface area contributed by atoms with E-state index in [1.165, 1.54) is 0 Å². The first-order valence-corrected chi connectivity index (χ1v) is 6.81. The molecule has 0 saturated carbocycles. The van der Waals surface area contributed by atoms with E-state index in [1.807, 2.05) is 45.2 Å². The number of amides is 1. The summed E-state index contributed by atoms with van der Waals surface area (Å²) in [5.74, 6) is -0.0303. The Bertz CT molecular complexity index is 619. The van der Waals surface area contributed by atoms with E-state index in [0.29, 0.717) is 6.42 Å². The van der Waals surface area contributed by atoms with E-state index in [4.69, 9.17) is 0 Å². The molecule has 0 aliphatic rings. The molecule has 0 aliphatic carbocycles. The number of carbonyl (C=O) groups excluding carboxylic acids is 1. The maximum atomic E-state index is 12.0. The van der Waals surface area contributed by atoms with E-state index in [2.05, 4.69) is 26.3 Å². The lowest BCUT2D eigenvalue weighted by Gasteiger charge is -2.06. The zero-order valence-corrected chi connectivity index (χ0v) is 12.8. The SMILES string of the molecule is Cc1nn(C)c(C)c1CC(=O)Nc1cccc(Br)c1. The monoisotopic (exact) mass is 321 g/mol. The number of carbonyl (C=O) groups is 1. The largest absolute Gasteiger partial charge is 0.326 e. The maximum Gasteiger partial charge on any atom is 0.228 e. The molecule has 0 bridgehead atoms. The van der Waals surface area contributed by atoms with Crippen LogP contribution < -0.4 is 5.32 Å². The lowest BCUT2D eigenvalue weighted by molar-refractivity contribution is -0.115. The fourth-order valence-electron chi connectivity index (χ4n) is 2.01. The minimum absolute atomic E-state index is 0.0303. The predicted octanol–water partition coefficient (Wildman–Crippen LogP) is 2.98. The quantitative estimate of drug-likeness (QED) is 0.944. The third-order valence-corrected chi connectivity index (χ3v) is 3.60. The summed E-state index contributed by atoms with van der Waals surface area (Å²) in [6.07, 6.45) is 0.345. The van der Waals surface area contributed by atoms with Crippen LogP contribution in [0, 0.1) is 13.8 Å². The summed E-state index contributed by atoms with van der Waals surface area (Å²) in [4.78, 5) is 12.0. The molecule has 5 heteroatoms. The summed E-state index contributed by atoms with van der Waals surface area (Å²) in [5, 5.41) is 7.20. The minimum atomic E-state index is -0.0303. The van der Waals surface area contributed by atoms with Crippen molar-refractivity contribution in [3.05, 3.63) is 45.7 Å². The topological polar surface area (TPSA) is 46.9 Å². The van der Waals surface area contributed by atoms with Gasteiger partial charge in [0.15, 0.2) is 0 Å². The first kappa shape index (κ1) is 13.8. The smallest absolute Gasteiger partial charge is 0.228 e. The number of rotatable bonds is 3. The van der Waals surface area contributed by atoms with Gasteiger partial charge >= 0.3 is 0 Å². The van der Waals surface area contributed by atoms with Gasteiger partial charge in [-0.1, -0.05) is 22.0 Å². The number of anilines is 1. The van der Waals surface area contributed by atoms with Gasteiger partial charge in [0.25, 0.3) is 0 Å². The van der Waals surface area contributed by atoms with Gasteiger partial charge in [0.2, 0.25) is 5.91 Å². The number of nitrogens with zero attached hydrogens (tertiary/aromatic N) is 2. The van der Waals surface area contributed by atoms with Gasteiger partial charge in [0, 0.05) is 28.5 Å². The summed E-state index contributed by atoms with van der Waals surface area (Å²) in [7, 11) is 1.89. The number of nitrogens with one attached hydrogen (secondary N) is 1. The lowest BCUT2D eigenvalue weighted by Crippen LogP contribution is -2.15. The normalized spacial score (nSPS) is 10.5. The number of aryl methyl sites for hydroxylation is 2. The number of benzene rings is 1. The second kappa shape index (κ2) is 5.57. The van der Waals surface area contributed by atoms with E-state index in [1.54, 1.807) is 4.68 Å². The Kier molecular flexibility index (Phi) is 4.04. The van der Waals surface area contributed by atoms with E-state index in [0.717, 1.165) is 27.1 Å². The van der Waals surface area contributed by atoms with Crippen LogP contribution in [0.5, 0.6) is 0 Å². The molecule has 2 aromatic rings. The first-order chi connectivity index (χ1) is 8.97. The average Bonchev–Trinajstić information content (AvgIpc) is 2.56. The highest BCUT2D eigenvalue weighted by Gasteiger charge is 2.13. The number of hydrogen-bond acceptors (Lipinski definition) is 2. The predicted molar refractivity (Wildman–Crippen MR) is 79.2 cm³/mol. The molecule has 0 fully saturated rings. The molecule has 1 aromatic heterocycles. The Balaban J connectivity index is 2.09. The van der Waals surface area contributed by atoms with Gasteiger partial charge < -0.3 is 5.32 Å². The van der Waals surface area contributed by atoms with Crippen LogP contribution in [0.3, 0.4) is 0 Å². The van der Waals surface area contributed by atoms with Gasteiger partial charge in [0.05, 0.1) is 12.1 Å². The summed E-state index contributed by atoms with van der Waals surface area (Å²) >= 11 is 3.38. The van der Waals surface area contributed by atoms with Crippen LogP contribution in [0.2, 0.25) is 0 Å². The highest BCUT2D eigenvalue weighted by atomic mass is 79.9. The first-order valence-electron chi connectivity index (χ1n) is 6.02. The molecule has 1 N–H and O–H groups in total. The average molecular weight is 322 g/mol. The number of aromatic nitrogens is 2. The van der Waals surface area contributed by atoms with Gasteiger partial charge in [-0.05, 0) is 32.0 Å². The van der Waals surface area contributed by atoms with Crippen LogP contribution in [0.4, 0.5) is 5.69 Å². The van der Waals surface area contributed by atoms with Gasteiger partial charge in [-0.2, -0.15) is 5.10 Å². The van der Waals surface area contributed by atoms with E-state index in [9.17, 15) is 4.79 Å². The van der Waals surface area contributed by atoms with E-state index < -0.39 is 0 Å². The Hall–Kier alpha value is -1.62. The molecule has 19 heavy (non-hydrogen) atoms. The van der Waals surface area contributed by atoms with Crippen molar-refractivity contribution in [2.75, 3.05) is 5.32 Å². The van der Waals surface area contributed by atoms with Crippen LogP contribution in [0.15, 0.2) is 28.7 Å². The van der Waals surface area contributed by atoms with Crippen molar-refractivity contribution in [3.8, 4) is 0 Å². The number of halogens is 1. The van der Waals surface area contributed by atoms with Crippen molar-refractivity contribution in [2.45, 2.75) is 20.3 Å². The highest BCUT2D eigenvalue weighted by molar-refractivity contribution is 9.10. The van der Waals surface area contributed by atoms with Crippen molar-refractivity contribution >= 4 is 27.5 Å². The lowest BCUT2D eigenvalue weighted by atomic mass is 10.1. The molecule has 1 heterocycles. The molecular weight excluding hydrogens is 306 g/mol. The van der Waals surface area contributed by atoms with Crippen molar-refractivity contribution in [1.82, 2.24) is 9.78 Å². The zero-order chi connectivity index (χ0) is 14.0. The molecule has 2 rings (SSSR count). The highest BCUT2D eigenvalue weighted by Crippen LogP contribution is 2.17. The van der Waals surface area contributed by atoms with Crippen LogP contribution in [-0.2, 0) is 18.3 Å². The van der Waals surface area contributed by atoms with Crippen molar-refractivity contribution in [2.24, 2.45) is 7.05 Å². The third-order valence-electron chi connectivity index (χ3n) is 3.10. The van der Waals surface area contributed by atoms with Gasteiger partial charge in [-0.3, -0.25) is 9.48 Å². The summed E-state index contributed by atoms with van der Waals surface area (Å²) in [6, 6.07) is 7.55. The van der Waals surface area contributed by atoms with Gasteiger partial charge in [0.1, 0.15) is 0 Å². The molecule has 100 valence electrons. The third kappa shape index (κ3) is 3.23. The standard InChI is InChI=1S/C14H16BrN3O/c1-9-13(10(2)18(3)17-9)8-14(19)16-12-6-4-5-11(15)7-12/h4-7H,8H2,1-3H3,(H,16,19). The summed E-state index contributed by atoms with van der Waals surface area (Å²) in [5.41, 5.74) is 3.72. The molecular formula is C14H16BrN3O. The molecule has 0 atom stereocenters. The fourth-order valence-corrected chi connectivity index (χ4v) is 2.40. The molecule has 4 nitrogen and oxygen atoms in total. The zero-order valence-electron chi connectivity index (χ0n) is 11.2. The van der Waals surface area contributed by atoms with Gasteiger partial charge in [-0.15, -0.1) is 0 Å². The Morgan fingerprint density at radius 2 is 2.16 bits per heavy atom. The molecule has 0 aliphatic heterocycles. The van der Waals surface area contributed by atoms with E-state index >= 15 is 0 Å². The van der Waals surface area contributed by atoms with Crippen molar-refractivity contribution in [1.29, 1.82) is 0 Å². The molecule has 1 aromatic carbocycles. The van der Waals surface area contributed by atoms with Crippen LogP contribution in [0.25, 0.3) is 0 Å². The second-order valence-electron chi connectivity index (χ2n) is 4.51. The van der Waals surface area contributed by atoms with Gasteiger partial charge in [-0.25, -0.2) is 0 Å². The van der Waals surface area contributed by atoms with E-state index in [-0.39, 0.29) is 5.91 Å². The molecule has 0 unspecified atom stereocenters.